The van der Waals surface area contributed by atoms with Crippen LogP contribution in [-0.4, -0.2) is 17.1 Å². The molecule has 0 aromatic heterocycles. The van der Waals surface area contributed by atoms with Crippen LogP contribution in [0.1, 0.15) is 27.0 Å². The van der Waals surface area contributed by atoms with Crippen LogP contribution in [0.2, 0.25) is 0 Å². The molecular weight excluding hydrogens is 250 g/mol. The molecule has 2 aromatic rings. The Balaban J connectivity index is 1.83. The van der Waals surface area contributed by atoms with E-state index >= 15 is 0 Å². The lowest BCUT2D eigenvalue weighted by atomic mass is 10.1. The van der Waals surface area contributed by atoms with Crippen LogP contribution in [0.4, 0.5) is 5.69 Å². The second kappa shape index (κ2) is 5.00. The first-order chi connectivity index (χ1) is 9.63. The normalized spacial score (nSPS) is 14.1. The maximum absolute atomic E-state index is 11.3. The first kappa shape index (κ1) is 12.7. The van der Waals surface area contributed by atoms with Gasteiger partial charge in [-0.3, -0.25) is 0 Å². The fraction of sp³-hybridized carbons (Fsp3) is 0.235. The van der Waals surface area contributed by atoms with Gasteiger partial charge in [-0.1, -0.05) is 30.3 Å². The van der Waals surface area contributed by atoms with Crippen molar-refractivity contribution in [3.8, 4) is 0 Å². The molecule has 2 aromatic carbocycles. The van der Waals surface area contributed by atoms with Crippen molar-refractivity contribution in [2.24, 2.45) is 0 Å². The highest BCUT2D eigenvalue weighted by molar-refractivity contribution is 5.94. The molecule has 0 aliphatic heterocycles. The molecule has 0 fully saturated rings. The Labute approximate surface area is 118 Å². The maximum Gasteiger partial charge on any atom is 0.337 e. The van der Waals surface area contributed by atoms with E-state index in [4.69, 9.17) is 0 Å². The van der Waals surface area contributed by atoms with Gasteiger partial charge in [0.15, 0.2) is 0 Å². The first-order valence-corrected chi connectivity index (χ1v) is 6.81. The minimum atomic E-state index is -0.886. The van der Waals surface area contributed by atoms with Crippen LogP contribution in [0.25, 0.3) is 0 Å². The third-order valence-electron chi connectivity index (χ3n) is 3.82. The zero-order valence-corrected chi connectivity index (χ0v) is 11.4. The van der Waals surface area contributed by atoms with Crippen LogP contribution < -0.4 is 5.32 Å². The van der Waals surface area contributed by atoms with Crippen LogP contribution >= 0.6 is 0 Å². The van der Waals surface area contributed by atoms with Crippen molar-refractivity contribution in [1.82, 2.24) is 0 Å². The van der Waals surface area contributed by atoms with Crippen molar-refractivity contribution < 1.29 is 9.90 Å². The van der Waals surface area contributed by atoms with Crippen LogP contribution in [0, 0.1) is 6.92 Å². The lowest BCUT2D eigenvalue weighted by Gasteiger charge is -2.16. The number of aryl methyl sites for hydroxylation is 1. The Morgan fingerprint density at radius 1 is 1.15 bits per heavy atom. The summed E-state index contributed by atoms with van der Waals surface area (Å²) in [4.78, 5) is 11.3. The molecule has 20 heavy (non-hydrogen) atoms. The van der Waals surface area contributed by atoms with Crippen molar-refractivity contribution in [1.29, 1.82) is 0 Å². The van der Waals surface area contributed by atoms with Crippen LogP contribution in [0.5, 0.6) is 0 Å². The van der Waals surface area contributed by atoms with Crippen molar-refractivity contribution in [2.45, 2.75) is 25.8 Å². The summed E-state index contributed by atoms with van der Waals surface area (Å²) < 4.78 is 0. The van der Waals surface area contributed by atoms with E-state index in [-0.39, 0.29) is 6.04 Å². The Morgan fingerprint density at radius 3 is 2.40 bits per heavy atom. The maximum atomic E-state index is 11.3. The van der Waals surface area contributed by atoms with Crippen LogP contribution in [0.3, 0.4) is 0 Å². The number of anilines is 1. The summed E-state index contributed by atoms with van der Waals surface area (Å²) in [5, 5.41) is 12.7. The topological polar surface area (TPSA) is 49.3 Å². The molecule has 1 aliphatic rings. The standard InChI is InChI=1S/C17H17NO2/c1-11-6-7-15(17(19)20)16(8-11)18-14-9-12-4-2-3-5-13(12)10-14/h2-8,14,18H,9-10H2,1H3,(H,19,20). The van der Waals surface area contributed by atoms with E-state index in [1.165, 1.54) is 11.1 Å². The van der Waals surface area contributed by atoms with Gasteiger partial charge in [0.2, 0.25) is 0 Å². The summed E-state index contributed by atoms with van der Waals surface area (Å²) in [7, 11) is 0. The van der Waals surface area contributed by atoms with Gasteiger partial charge in [-0.25, -0.2) is 4.79 Å². The minimum absolute atomic E-state index is 0.271. The molecule has 102 valence electrons. The van der Waals surface area contributed by atoms with Gasteiger partial charge in [0.05, 0.1) is 5.56 Å². The molecule has 0 bridgehead atoms. The third-order valence-corrected chi connectivity index (χ3v) is 3.82. The van der Waals surface area contributed by atoms with Gasteiger partial charge >= 0.3 is 5.97 Å². The van der Waals surface area contributed by atoms with Gasteiger partial charge in [0.25, 0.3) is 0 Å². The summed E-state index contributed by atoms with van der Waals surface area (Å²) in [5.74, 6) is -0.886. The van der Waals surface area contributed by atoms with Crippen molar-refractivity contribution in [3.63, 3.8) is 0 Å². The number of rotatable bonds is 3. The van der Waals surface area contributed by atoms with Crippen LogP contribution in [0.15, 0.2) is 42.5 Å². The van der Waals surface area contributed by atoms with Gasteiger partial charge in [0, 0.05) is 11.7 Å². The van der Waals surface area contributed by atoms with Crippen molar-refractivity contribution >= 4 is 11.7 Å². The minimum Gasteiger partial charge on any atom is -0.478 e. The quantitative estimate of drug-likeness (QED) is 0.897. The monoisotopic (exact) mass is 267 g/mol. The molecule has 1 aliphatic carbocycles. The van der Waals surface area contributed by atoms with E-state index in [9.17, 15) is 9.90 Å². The molecule has 0 radical (unpaired) electrons. The Morgan fingerprint density at radius 2 is 1.80 bits per heavy atom. The number of carboxylic acid groups (broad SMARTS) is 1. The van der Waals surface area contributed by atoms with Gasteiger partial charge in [-0.15, -0.1) is 0 Å². The average Bonchev–Trinajstić information content (AvgIpc) is 2.80. The highest BCUT2D eigenvalue weighted by atomic mass is 16.4. The molecule has 0 saturated heterocycles. The van der Waals surface area contributed by atoms with E-state index in [1.54, 1.807) is 6.07 Å². The Hall–Kier alpha value is -2.29. The fourth-order valence-electron chi connectivity index (χ4n) is 2.84. The predicted octanol–water partition coefficient (Wildman–Crippen LogP) is 3.27. The zero-order chi connectivity index (χ0) is 14.1. The smallest absolute Gasteiger partial charge is 0.337 e. The molecule has 2 N–H and O–H groups in total. The molecule has 0 amide bonds. The average molecular weight is 267 g/mol. The second-order valence-electron chi connectivity index (χ2n) is 5.37. The lowest BCUT2D eigenvalue weighted by molar-refractivity contribution is 0.0698. The Bertz CT molecular complexity index is 639. The number of benzene rings is 2. The van der Waals surface area contributed by atoms with E-state index < -0.39 is 5.97 Å². The van der Waals surface area contributed by atoms with Gasteiger partial charge in [-0.2, -0.15) is 0 Å². The Kier molecular flexibility index (Phi) is 3.18. The molecule has 0 heterocycles. The van der Waals surface area contributed by atoms with E-state index in [1.807, 2.05) is 19.1 Å². The molecular formula is C17H17NO2. The predicted molar refractivity (Wildman–Crippen MR) is 79.4 cm³/mol. The van der Waals surface area contributed by atoms with Gasteiger partial charge in [0.1, 0.15) is 0 Å². The van der Waals surface area contributed by atoms with Crippen LogP contribution in [-0.2, 0) is 12.8 Å². The number of fused-ring (bicyclic) bond motifs is 1. The molecule has 3 heteroatoms. The number of hydrogen-bond acceptors (Lipinski definition) is 2. The zero-order valence-electron chi connectivity index (χ0n) is 11.4. The number of hydrogen-bond donors (Lipinski definition) is 2. The number of aromatic carboxylic acids is 1. The van der Waals surface area contributed by atoms with E-state index in [0.29, 0.717) is 5.56 Å². The molecule has 0 unspecified atom stereocenters. The largest absolute Gasteiger partial charge is 0.478 e. The van der Waals surface area contributed by atoms with Crippen molar-refractivity contribution in [3.05, 3.63) is 64.7 Å². The summed E-state index contributed by atoms with van der Waals surface area (Å²) >= 11 is 0. The summed E-state index contributed by atoms with van der Waals surface area (Å²) in [5.41, 5.74) is 4.83. The van der Waals surface area contributed by atoms with Gasteiger partial charge < -0.3 is 10.4 Å². The van der Waals surface area contributed by atoms with E-state index in [0.717, 1.165) is 24.1 Å². The summed E-state index contributed by atoms with van der Waals surface area (Å²) in [6.45, 7) is 1.97. The number of nitrogens with one attached hydrogen (secondary N) is 1. The highest BCUT2D eigenvalue weighted by Crippen LogP contribution is 2.26. The molecule has 0 spiro atoms. The third kappa shape index (κ3) is 2.39. The van der Waals surface area contributed by atoms with Gasteiger partial charge in [-0.05, 0) is 48.6 Å². The number of carbonyl (C=O) groups is 1. The lowest BCUT2D eigenvalue weighted by Crippen LogP contribution is -2.21. The van der Waals surface area contributed by atoms with E-state index in [2.05, 4.69) is 29.6 Å². The van der Waals surface area contributed by atoms with Crippen molar-refractivity contribution in [2.75, 3.05) is 5.32 Å². The fourth-order valence-corrected chi connectivity index (χ4v) is 2.84. The highest BCUT2D eigenvalue weighted by Gasteiger charge is 2.22. The molecule has 0 atom stereocenters. The SMILES string of the molecule is Cc1ccc(C(=O)O)c(NC2Cc3ccccc3C2)c1. The second-order valence-corrected chi connectivity index (χ2v) is 5.37. The molecule has 0 saturated carbocycles. The molecule has 3 rings (SSSR count). The first-order valence-electron chi connectivity index (χ1n) is 6.81. The summed E-state index contributed by atoms with van der Waals surface area (Å²) in [6.07, 6.45) is 1.90. The molecule has 3 nitrogen and oxygen atoms in total. The number of carboxylic acids is 1. The summed E-state index contributed by atoms with van der Waals surface area (Å²) in [6, 6.07) is 14.1.